The van der Waals surface area contributed by atoms with E-state index in [1.165, 1.54) is 29.5 Å². The minimum atomic E-state index is 0.619. The van der Waals surface area contributed by atoms with Crippen LogP contribution in [0.5, 0.6) is 0 Å². The summed E-state index contributed by atoms with van der Waals surface area (Å²) >= 11 is 0. The van der Waals surface area contributed by atoms with Crippen molar-refractivity contribution in [3.05, 3.63) is 47.5 Å². The Hall–Kier alpha value is -2.03. The first-order valence-electron chi connectivity index (χ1n) is 6.85. The Bertz CT molecular complexity index is 640. The molecule has 1 aromatic carbocycles. The molecule has 4 rings (SSSR count). The van der Waals surface area contributed by atoms with E-state index < -0.39 is 0 Å². The summed E-state index contributed by atoms with van der Waals surface area (Å²) in [6.07, 6.45) is 9.41. The molecular formula is C16H15N3. The molecule has 0 bridgehead atoms. The average Bonchev–Trinajstić information content (AvgIpc) is 3.32. The normalized spacial score (nSPS) is 17.3. The summed E-state index contributed by atoms with van der Waals surface area (Å²) in [4.78, 5) is 13.3. The number of hydrogen-bond acceptors (Lipinski definition) is 3. The lowest BCUT2D eigenvalue weighted by Gasteiger charge is -2.11. The fourth-order valence-corrected chi connectivity index (χ4v) is 2.52. The molecule has 2 aliphatic rings. The number of fused-ring (bicyclic) bond motifs is 1. The quantitative estimate of drug-likeness (QED) is 0.820. The Morgan fingerprint density at radius 3 is 2.63 bits per heavy atom. The molecule has 94 valence electrons. The van der Waals surface area contributed by atoms with E-state index in [0.717, 1.165) is 24.4 Å². The molecule has 1 saturated carbocycles. The maximum absolute atomic E-state index is 4.49. The third-order valence-electron chi connectivity index (χ3n) is 3.83. The minimum absolute atomic E-state index is 0.619. The van der Waals surface area contributed by atoms with Gasteiger partial charge in [-0.3, -0.25) is 4.99 Å². The van der Waals surface area contributed by atoms with Crippen LogP contribution < -0.4 is 0 Å². The molecule has 1 fully saturated rings. The highest BCUT2D eigenvalue weighted by atomic mass is 14.9. The van der Waals surface area contributed by atoms with Crippen LogP contribution in [0.1, 0.15) is 35.7 Å². The van der Waals surface area contributed by atoms with Gasteiger partial charge in [0.2, 0.25) is 0 Å². The predicted octanol–water partition coefficient (Wildman–Crippen LogP) is 3.00. The van der Waals surface area contributed by atoms with E-state index in [4.69, 9.17) is 0 Å². The summed E-state index contributed by atoms with van der Waals surface area (Å²) in [5, 5.41) is 0. The lowest BCUT2D eigenvalue weighted by Crippen LogP contribution is -2.03. The van der Waals surface area contributed by atoms with E-state index in [9.17, 15) is 0 Å². The van der Waals surface area contributed by atoms with Gasteiger partial charge in [0.1, 0.15) is 5.82 Å². The van der Waals surface area contributed by atoms with Crippen LogP contribution in [0.15, 0.2) is 35.6 Å². The Labute approximate surface area is 112 Å². The lowest BCUT2D eigenvalue weighted by molar-refractivity contribution is 0.927. The van der Waals surface area contributed by atoms with Crippen molar-refractivity contribution in [3.8, 4) is 11.1 Å². The van der Waals surface area contributed by atoms with Gasteiger partial charge in [0.25, 0.3) is 0 Å². The summed E-state index contributed by atoms with van der Waals surface area (Å²) in [5.74, 6) is 1.63. The van der Waals surface area contributed by atoms with Crippen molar-refractivity contribution in [1.82, 2.24) is 9.97 Å². The van der Waals surface area contributed by atoms with Crippen molar-refractivity contribution >= 4 is 6.21 Å². The van der Waals surface area contributed by atoms with E-state index >= 15 is 0 Å². The molecule has 1 aliphatic heterocycles. The van der Waals surface area contributed by atoms with Crippen LogP contribution in [0, 0.1) is 0 Å². The van der Waals surface area contributed by atoms with Crippen molar-refractivity contribution in [2.45, 2.75) is 25.2 Å². The summed E-state index contributed by atoms with van der Waals surface area (Å²) in [6, 6.07) is 6.52. The number of aliphatic imine (C=N–C) groups is 1. The molecule has 0 radical (unpaired) electrons. The second-order valence-corrected chi connectivity index (χ2v) is 5.30. The van der Waals surface area contributed by atoms with E-state index in [2.05, 4.69) is 33.2 Å². The van der Waals surface area contributed by atoms with Gasteiger partial charge in [-0.2, -0.15) is 0 Å². The van der Waals surface area contributed by atoms with E-state index in [-0.39, 0.29) is 0 Å². The van der Waals surface area contributed by atoms with Crippen molar-refractivity contribution in [2.24, 2.45) is 4.99 Å². The molecule has 0 unspecified atom stereocenters. The maximum atomic E-state index is 4.49. The molecule has 1 aromatic heterocycles. The van der Waals surface area contributed by atoms with Gasteiger partial charge in [0, 0.05) is 36.6 Å². The van der Waals surface area contributed by atoms with Crippen LogP contribution in [0.2, 0.25) is 0 Å². The number of aromatic nitrogens is 2. The van der Waals surface area contributed by atoms with Gasteiger partial charge in [0.15, 0.2) is 0 Å². The topological polar surface area (TPSA) is 38.1 Å². The van der Waals surface area contributed by atoms with Crippen molar-refractivity contribution in [3.63, 3.8) is 0 Å². The first-order valence-corrected chi connectivity index (χ1v) is 6.85. The smallest absolute Gasteiger partial charge is 0.131 e. The number of rotatable bonds is 2. The van der Waals surface area contributed by atoms with Crippen LogP contribution in [-0.2, 0) is 6.42 Å². The number of hydrogen-bond donors (Lipinski definition) is 0. The third-order valence-corrected chi connectivity index (χ3v) is 3.83. The fourth-order valence-electron chi connectivity index (χ4n) is 2.52. The van der Waals surface area contributed by atoms with Gasteiger partial charge >= 0.3 is 0 Å². The zero-order chi connectivity index (χ0) is 12.7. The zero-order valence-electron chi connectivity index (χ0n) is 10.7. The van der Waals surface area contributed by atoms with E-state index in [1.807, 2.05) is 18.6 Å². The Morgan fingerprint density at radius 2 is 1.84 bits per heavy atom. The predicted molar refractivity (Wildman–Crippen MR) is 75.6 cm³/mol. The SMILES string of the molecule is C1=NCCc2cc(-c3cnc(C4CC4)nc3)ccc21. The highest BCUT2D eigenvalue weighted by Crippen LogP contribution is 2.38. The summed E-state index contributed by atoms with van der Waals surface area (Å²) < 4.78 is 0. The molecule has 2 aromatic rings. The second kappa shape index (κ2) is 4.26. The standard InChI is InChI=1S/C16H15N3/c1-2-11(1)16-18-9-15(10-19-16)12-3-4-14-8-17-6-5-13(14)7-12/h3-4,7-11H,1-2,5-6H2. The number of nitrogens with zero attached hydrogens (tertiary/aromatic N) is 3. The van der Waals surface area contributed by atoms with E-state index in [0.29, 0.717) is 5.92 Å². The van der Waals surface area contributed by atoms with Gasteiger partial charge < -0.3 is 0 Å². The first-order chi connectivity index (χ1) is 9.40. The molecule has 1 aliphatic carbocycles. The fraction of sp³-hybridized carbons (Fsp3) is 0.312. The van der Waals surface area contributed by atoms with Crippen molar-refractivity contribution in [2.75, 3.05) is 6.54 Å². The van der Waals surface area contributed by atoms with Gasteiger partial charge in [-0.25, -0.2) is 9.97 Å². The van der Waals surface area contributed by atoms with Crippen LogP contribution in [0.4, 0.5) is 0 Å². The van der Waals surface area contributed by atoms with E-state index in [1.54, 1.807) is 0 Å². The van der Waals surface area contributed by atoms with Crippen molar-refractivity contribution < 1.29 is 0 Å². The molecule has 0 atom stereocenters. The average molecular weight is 249 g/mol. The van der Waals surface area contributed by atoms with Gasteiger partial charge in [0.05, 0.1) is 0 Å². The molecule has 19 heavy (non-hydrogen) atoms. The van der Waals surface area contributed by atoms with Crippen LogP contribution in [0.3, 0.4) is 0 Å². The van der Waals surface area contributed by atoms with Gasteiger partial charge in [-0.15, -0.1) is 0 Å². The molecule has 0 amide bonds. The third kappa shape index (κ3) is 2.05. The maximum Gasteiger partial charge on any atom is 0.131 e. The second-order valence-electron chi connectivity index (χ2n) is 5.30. The number of benzene rings is 1. The highest BCUT2D eigenvalue weighted by molar-refractivity contribution is 5.84. The highest BCUT2D eigenvalue weighted by Gasteiger charge is 2.26. The first kappa shape index (κ1) is 10.9. The largest absolute Gasteiger partial charge is 0.292 e. The van der Waals surface area contributed by atoms with Gasteiger partial charge in [-0.1, -0.05) is 18.2 Å². The molecule has 0 spiro atoms. The lowest BCUT2D eigenvalue weighted by atomic mass is 9.98. The molecule has 0 N–H and O–H groups in total. The molecule has 2 heterocycles. The molecular weight excluding hydrogens is 234 g/mol. The summed E-state index contributed by atoms with van der Waals surface area (Å²) in [7, 11) is 0. The minimum Gasteiger partial charge on any atom is -0.292 e. The molecule has 0 saturated heterocycles. The molecule has 3 nitrogen and oxygen atoms in total. The van der Waals surface area contributed by atoms with Gasteiger partial charge in [-0.05, 0) is 36.0 Å². The van der Waals surface area contributed by atoms with Crippen LogP contribution in [-0.4, -0.2) is 22.7 Å². The zero-order valence-corrected chi connectivity index (χ0v) is 10.7. The Balaban J connectivity index is 1.69. The summed E-state index contributed by atoms with van der Waals surface area (Å²) in [5.41, 5.74) is 4.93. The summed E-state index contributed by atoms with van der Waals surface area (Å²) in [6.45, 7) is 0.896. The van der Waals surface area contributed by atoms with Crippen molar-refractivity contribution in [1.29, 1.82) is 0 Å². The van der Waals surface area contributed by atoms with Crippen LogP contribution in [0.25, 0.3) is 11.1 Å². The Morgan fingerprint density at radius 1 is 1.00 bits per heavy atom. The monoisotopic (exact) mass is 249 g/mol. The molecule has 3 heteroatoms. The Kier molecular flexibility index (Phi) is 2.44. The van der Waals surface area contributed by atoms with Crippen LogP contribution >= 0.6 is 0 Å².